The van der Waals surface area contributed by atoms with Gasteiger partial charge in [-0.15, -0.1) is 0 Å². The van der Waals surface area contributed by atoms with Crippen molar-refractivity contribution in [2.24, 2.45) is 0 Å². The van der Waals surface area contributed by atoms with E-state index in [0.29, 0.717) is 11.4 Å². The zero-order valence-corrected chi connectivity index (χ0v) is 12.0. The minimum atomic E-state index is -0.192. The van der Waals surface area contributed by atoms with Gasteiger partial charge in [-0.25, -0.2) is 0 Å². The normalized spacial score (nSPS) is 12.2. The fraction of sp³-hybridized carbons (Fsp3) is 0.125. The first-order valence-electron chi connectivity index (χ1n) is 6.88. The van der Waals surface area contributed by atoms with Gasteiger partial charge in [0.05, 0.1) is 11.6 Å². The molecule has 0 fully saturated rings. The molecule has 1 amide bonds. The van der Waals surface area contributed by atoms with Gasteiger partial charge in [-0.2, -0.15) is 5.10 Å². The number of benzene rings is 2. The third-order valence-corrected chi connectivity index (χ3v) is 3.60. The molecule has 1 unspecified atom stereocenters. The number of phenolic OH excluding ortho intramolecular Hbond substituents is 1. The predicted octanol–water partition coefficient (Wildman–Crippen LogP) is 2.34. The minimum absolute atomic E-state index is 0.175. The largest absolute Gasteiger partial charge is 0.508 e. The highest BCUT2D eigenvalue weighted by molar-refractivity contribution is 6.00. The fourth-order valence-corrected chi connectivity index (χ4v) is 2.30. The number of carbonyl (C=O) groups excluding carboxylic acids is 1. The molecule has 6 heteroatoms. The van der Waals surface area contributed by atoms with Gasteiger partial charge in [0.2, 0.25) is 0 Å². The summed E-state index contributed by atoms with van der Waals surface area (Å²) in [7, 11) is 0. The molecule has 6 nitrogen and oxygen atoms in total. The lowest BCUT2D eigenvalue weighted by molar-refractivity contribution is 0.0940. The van der Waals surface area contributed by atoms with Gasteiger partial charge in [0.15, 0.2) is 5.82 Å². The Labute approximate surface area is 127 Å². The molecule has 0 saturated carbocycles. The van der Waals surface area contributed by atoms with Crippen LogP contribution in [0.3, 0.4) is 0 Å². The molecular weight excluding hydrogens is 280 g/mol. The van der Waals surface area contributed by atoms with Gasteiger partial charge in [-0.1, -0.05) is 12.1 Å². The number of aromatic amines is 1. The predicted molar refractivity (Wildman–Crippen MR) is 84.5 cm³/mol. The van der Waals surface area contributed by atoms with Gasteiger partial charge in [0.1, 0.15) is 5.75 Å². The number of H-pyrrole nitrogens is 1. The van der Waals surface area contributed by atoms with Gasteiger partial charge >= 0.3 is 0 Å². The average Bonchev–Trinajstić information content (AvgIpc) is 2.88. The van der Waals surface area contributed by atoms with Crippen LogP contribution in [-0.2, 0) is 0 Å². The molecule has 22 heavy (non-hydrogen) atoms. The number of hydrogen-bond acceptors (Lipinski definition) is 4. The number of aromatic nitrogens is 2. The lowest BCUT2D eigenvalue weighted by Crippen LogP contribution is -2.26. The van der Waals surface area contributed by atoms with Crippen molar-refractivity contribution in [2.45, 2.75) is 13.0 Å². The summed E-state index contributed by atoms with van der Waals surface area (Å²) >= 11 is 0. The number of nitrogen functional groups attached to an aromatic ring is 1. The van der Waals surface area contributed by atoms with E-state index in [-0.39, 0.29) is 17.7 Å². The molecule has 0 aliphatic heterocycles. The van der Waals surface area contributed by atoms with Gasteiger partial charge in [0.25, 0.3) is 5.91 Å². The number of nitrogens with two attached hydrogens (primary N) is 1. The van der Waals surface area contributed by atoms with Crippen LogP contribution in [0.5, 0.6) is 5.75 Å². The molecule has 0 radical (unpaired) electrons. The zero-order chi connectivity index (χ0) is 15.7. The molecule has 1 atom stereocenters. The van der Waals surface area contributed by atoms with Gasteiger partial charge < -0.3 is 16.2 Å². The lowest BCUT2D eigenvalue weighted by atomic mass is 10.1. The molecule has 0 aliphatic carbocycles. The van der Waals surface area contributed by atoms with Crippen LogP contribution in [0.15, 0.2) is 42.5 Å². The van der Waals surface area contributed by atoms with Crippen molar-refractivity contribution in [1.82, 2.24) is 15.5 Å². The van der Waals surface area contributed by atoms with Gasteiger partial charge in [-0.3, -0.25) is 9.89 Å². The fourth-order valence-electron chi connectivity index (χ4n) is 2.30. The highest BCUT2D eigenvalue weighted by Crippen LogP contribution is 2.20. The number of amides is 1. The topological polar surface area (TPSA) is 104 Å². The molecule has 1 aromatic heterocycles. The summed E-state index contributed by atoms with van der Waals surface area (Å²) < 4.78 is 0. The summed E-state index contributed by atoms with van der Waals surface area (Å²) in [4.78, 5) is 12.3. The number of fused-ring (bicyclic) bond motifs is 1. The Kier molecular flexibility index (Phi) is 3.42. The maximum atomic E-state index is 12.3. The molecule has 0 spiro atoms. The summed E-state index contributed by atoms with van der Waals surface area (Å²) in [5, 5.41) is 19.6. The van der Waals surface area contributed by atoms with E-state index in [9.17, 15) is 9.90 Å². The molecule has 3 aromatic rings. The van der Waals surface area contributed by atoms with Crippen LogP contribution in [-0.4, -0.2) is 21.2 Å². The van der Waals surface area contributed by atoms with Crippen LogP contribution in [0.2, 0.25) is 0 Å². The van der Waals surface area contributed by atoms with E-state index in [1.165, 1.54) is 0 Å². The molecule has 112 valence electrons. The quantitative estimate of drug-likeness (QED) is 0.595. The van der Waals surface area contributed by atoms with Crippen LogP contribution in [0, 0.1) is 0 Å². The number of aromatic hydroxyl groups is 1. The summed E-state index contributed by atoms with van der Waals surface area (Å²) in [6.07, 6.45) is 0. The van der Waals surface area contributed by atoms with Crippen molar-refractivity contribution in [2.75, 3.05) is 5.73 Å². The molecule has 0 aliphatic rings. The standard InChI is InChI=1S/C16H16N4O2/c1-9(10-2-5-12(21)6-3-10)18-16(22)11-4-7-14-13(8-11)15(17)20-19-14/h2-9,21H,1H3,(H,18,22)(H3,17,19,20). The SMILES string of the molecule is CC(NC(=O)c1ccc2[nH]nc(N)c2c1)c1ccc(O)cc1. The van der Waals surface area contributed by atoms with Crippen LogP contribution >= 0.6 is 0 Å². The number of nitrogens with zero attached hydrogens (tertiary/aromatic N) is 1. The van der Waals surface area contributed by atoms with Crippen molar-refractivity contribution < 1.29 is 9.90 Å². The molecule has 3 rings (SSSR count). The monoisotopic (exact) mass is 296 g/mol. The number of nitrogens with one attached hydrogen (secondary N) is 2. The third-order valence-electron chi connectivity index (χ3n) is 3.60. The third kappa shape index (κ3) is 2.58. The Morgan fingerprint density at radius 1 is 1.27 bits per heavy atom. The van der Waals surface area contributed by atoms with E-state index >= 15 is 0 Å². The van der Waals surface area contributed by atoms with Crippen molar-refractivity contribution in [3.63, 3.8) is 0 Å². The second kappa shape index (κ2) is 5.40. The highest BCUT2D eigenvalue weighted by Gasteiger charge is 2.13. The van der Waals surface area contributed by atoms with E-state index in [0.717, 1.165) is 16.5 Å². The van der Waals surface area contributed by atoms with E-state index < -0.39 is 0 Å². The minimum Gasteiger partial charge on any atom is -0.508 e. The van der Waals surface area contributed by atoms with Crippen LogP contribution < -0.4 is 11.1 Å². The summed E-state index contributed by atoms with van der Waals surface area (Å²) in [5.41, 5.74) is 7.98. The van der Waals surface area contributed by atoms with Gasteiger partial charge in [0, 0.05) is 10.9 Å². The first kappa shape index (κ1) is 13.9. The number of rotatable bonds is 3. The molecule has 2 aromatic carbocycles. The number of hydrogen-bond donors (Lipinski definition) is 4. The van der Waals surface area contributed by atoms with Crippen LogP contribution in [0.25, 0.3) is 10.9 Å². The van der Waals surface area contributed by atoms with E-state index in [1.54, 1.807) is 42.5 Å². The molecule has 1 heterocycles. The number of anilines is 1. The Bertz CT molecular complexity index is 824. The Morgan fingerprint density at radius 2 is 2.00 bits per heavy atom. The zero-order valence-electron chi connectivity index (χ0n) is 12.0. The number of phenols is 1. The van der Waals surface area contributed by atoms with Crippen molar-refractivity contribution in [1.29, 1.82) is 0 Å². The second-order valence-electron chi connectivity index (χ2n) is 5.16. The van der Waals surface area contributed by atoms with E-state index in [4.69, 9.17) is 5.73 Å². The number of carbonyl (C=O) groups is 1. The van der Waals surface area contributed by atoms with Crippen molar-refractivity contribution >= 4 is 22.6 Å². The van der Waals surface area contributed by atoms with Crippen molar-refractivity contribution in [3.05, 3.63) is 53.6 Å². The average molecular weight is 296 g/mol. The smallest absolute Gasteiger partial charge is 0.251 e. The van der Waals surface area contributed by atoms with Crippen LogP contribution in [0.1, 0.15) is 28.9 Å². The first-order valence-corrected chi connectivity index (χ1v) is 6.88. The molecule has 0 bridgehead atoms. The molecular formula is C16H16N4O2. The first-order chi connectivity index (χ1) is 10.5. The van der Waals surface area contributed by atoms with Gasteiger partial charge in [-0.05, 0) is 42.8 Å². The maximum absolute atomic E-state index is 12.3. The second-order valence-corrected chi connectivity index (χ2v) is 5.16. The summed E-state index contributed by atoms with van der Waals surface area (Å²) in [5.74, 6) is 0.377. The Morgan fingerprint density at radius 3 is 2.73 bits per heavy atom. The Balaban J connectivity index is 1.80. The van der Waals surface area contributed by atoms with E-state index in [1.807, 2.05) is 6.92 Å². The lowest BCUT2D eigenvalue weighted by Gasteiger charge is -2.14. The molecule has 0 saturated heterocycles. The molecule has 5 N–H and O–H groups in total. The highest BCUT2D eigenvalue weighted by atomic mass is 16.3. The van der Waals surface area contributed by atoms with E-state index in [2.05, 4.69) is 15.5 Å². The van der Waals surface area contributed by atoms with Crippen molar-refractivity contribution in [3.8, 4) is 5.75 Å². The summed E-state index contributed by atoms with van der Waals surface area (Å²) in [6.45, 7) is 1.88. The van der Waals surface area contributed by atoms with Crippen LogP contribution in [0.4, 0.5) is 5.82 Å². The maximum Gasteiger partial charge on any atom is 0.251 e. The summed E-state index contributed by atoms with van der Waals surface area (Å²) in [6, 6.07) is 11.8. The Hall–Kier alpha value is -3.02.